The standard InChI is InChI=1S/C13H21N3O3S/c1-3-5-8-15-11(17)14(7-4-2)12(18)16(13(15)19)9-6-10-20/h4,20H,2-3,5-10H2,1H3/p+1. The summed E-state index contributed by atoms with van der Waals surface area (Å²) in [7, 11) is 0. The first-order valence-corrected chi connectivity index (χ1v) is 7.49. The molecule has 7 heteroatoms. The van der Waals surface area contributed by atoms with Gasteiger partial charge < -0.3 is 0 Å². The Hall–Kier alpha value is -1.50. The highest BCUT2D eigenvalue weighted by Crippen LogP contribution is 1.89. The van der Waals surface area contributed by atoms with Gasteiger partial charge in [0.15, 0.2) is 0 Å². The molecule has 0 atom stereocenters. The molecule has 0 aliphatic rings. The van der Waals surface area contributed by atoms with Crippen LogP contribution in [0.4, 0.5) is 0 Å². The van der Waals surface area contributed by atoms with Gasteiger partial charge in [-0.25, -0.2) is 28.1 Å². The van der Waals surface area contributed by atoms with Crippen LogP contribution in [0.15, 0.2) is 27.0 Å². The lowest BCUT2D eigenvalue weighted by Crippen LogP contribution is -2.54. The predicted octanol–water partition coefficient (Wildman–Crippen LogP) is -0.441. The molecule has 0 aliphatic carbocycles. The van der Waals surface area contributed by atoms with Gasteiger partial charge in [-0.2, -0.15) is 0 Å². The SMILES string of the molecule is C=CCn1c(=O)n(CCCC)c(=O)n(CCC[SH2+])c1=O. The number of hydrogen-bond acceptors (Lipinski definition) is 3. The van der Waals surface area contributed by atoms with Crippen molar-refractivity contribution in [1.82, 2.24) is 13.7 Å². The molecule has 0 aliphatic heterocycles. The summed E-state index contributed by atoms with van der Waals surface area (Å²) in [5.41, 5.74) is -1.63. The number of hydrogen-bond donors (Lipinski definition) is 0. The average Bonchev–Trinajstić information content (AvgIpc) is 2.43. The third kappa shape index (κ3) is 3.53. The summed E-state index contributed by atoms with van der Waals surface area (Å²) in [6, 6.07) is 0. The molecule has 0 radical (unpaired) electrons. The zero-order chi connectivity index (χ0) is 15.1. The van der Waals surface area contributed by atoms with Crippen molar-refractivity contribution in [2.45, 2.75) is 45.8 Å². The topological polar surface area (TPSA) is 66.0 Å². The van der Waals surface area contributed by atoms with Crippen LogP contribution < -0.4 is 17.1 Å². The van der Waals surface area contributed by atoms with Crippen LogP contribution in [0.5, 0.6) is 0 Å². The van der Waals surface area contributed by atoms with E-state index in [1.54, 1.807) is 0 Å². The van der Waals surface area contributed by atoms with E-state index in [1.165, 1.54) is 6.08 Å². The van der Waals surface area contributed by atoms with Crippen LogP contribution in [0, 0.1) is 0 Å². The molecule has 0 fully saturated rings. The molecule has 1 heterocycles. The minimum absolute atomic E-state index is 0.109. The molecule has 1 rings (SSSR count). The normalized spacial score (nSPS) is 10.7. The van der Waals surface area contributed by atoms with Gasteiger partial charge in [-0.1, -0.05) is 19.4 Å². The van der Waals surface area contributed by atoms with Crippen molar-refractivity contribution >= 4 is 12.6 Å². The zero-order valence-electron chi connectivity index (χ0n) is 11.8. The van der Waals surface area contributed by atoms with Gasteiger partial charge in [-0.15, -0.1) is 6.58 Å². The summed E-state index contributed by atoms with van der Waals surface area (Å²) in [5, 5.41) is 0. The molecule has 0 amide bonds. The molecule has 0 aromatic carbocycles. The maximum atomic E-state index is 12.2. The van der Waals surface area contributed by atoms with E-state index in [4.69, 9.17) is 0 Å². The molecule has 0 saturated heterocycles. The summed E-state index contributed by atoms with van der Waals surface area (Å²) < 4.78 is 3.32. The largest absolute Gasteiger partial charge is 0.336 e. The van der Waals surface area contributed by atoms with E-state index in [9.17, 15) is 14.4 Å². The molecule has 0 spiro atoms. The first-order chi connectivity index (χ1) is 9.58. The fraction of sp³-hybridized carbons (Fsp3) is 0.615. The van der Waals surface area contributed by atoms with Gasteiger partial charge in [0.1, 0.15) is 5.75 Å². The number of allylic oxidation sites excluding steroid dienone is 1. The van der Waals surface area contributed by atoms with Crippen LogP contribution in [-0.2, 0) is 32.3 Å². The maximum Gasteiger partial charge on any atom is 0.336 e. The lowest BCUT2D eigenvalue weighted by atomic mass is 10.3. The molecule has 0 N–H and O–H groups in total. The Labute approximate surface area is 122 Å². The number of aromatic nitrogens is 3. The Morgan fingerprint density at radius 2 is 1.50 bits per heavy atom. The third-order valence-corrected chi connectivity index (χ3v) is 3.34. The molecule has 0 bridgehead atoms. The Morgan fingerprint density at radius 1 is 1.00 bits per heavy atom. The van der Waals surface area contributed by atoms with E-state index in [1.807, 2.05) is 6.92 Å². The van der Waals surface area contributed by atoms with E-state index >= 15 is 0 Å². The van der Waals surface area contributed by atoms with E-state index in [2.05, 4.69) is 19.2 Å². The minimum Gasteiger partial charge on any atom is -0.247 e. The third-order valence-electron chi connectivity index (χ3n) is 2.99. The lowest BCUT2D eigenvalue weighted by molar-refractivity contribution is 0.449. The number of rotatable bonds is 8. The van der Waals surface area contributed by atoms with E-state index in [0.29, 0.717) is 25.3 Å². The molecule has 112 valence electrons. The van der Waals surface area contributed by atoms with Crippen LogP contribution in [0.1, 0.15) is 26.2 Å². The van der Waals surface area contributed by atoms with Gasteiger partial charge >= 0.3 is 17.1 Å². The summed E-state index contributed by atoms with van der Waals surface area (Å²) in [4.78, 5) is 36.6. The smallest absolute Gasteiger partial charge is 0.247 e. The lowest BCUT2D eigenvalue weighted by Gasteiger charge is -2.12. The Balaban J connectivity index is 3.47. The second-order valence-electron chi connectivity index (χ2n) is 4.51. The fourth-order valence-electron chi connectivity index (χ4n) is 1.90. The Morgan fingerprint density at radius 3 is 1.95 bits per heavy atom. The minimum atomic E-state index is -0.562. The summed E-state index contributed by atoms with van der Waals surface area (Å²) in [5.74, 6) is 0.682. The molecule has 1 aromatic rings. The van der Waals surface area contributed by atoms with Crippen molar-refractivity contribution in [3.05, 3.63) is 44.1 Å². The van der Waals surface area contributed by atoms with Crippen molar-refractivity contribution in [3.63, 3.8) is 0 Å². The molecule has 20 heavy (non-hydrogen) atoms. The monoisotopic (exact) mass is 300 g/mol. The van der Waals surface area contributed by atoms with Gasteiger partial charge in [0.2, 0.25) is 0 Å². The van der Waals surface area contributed by atoms with E-state index < -0.39 is 17.1 Å². The number of unbranched alkanes of at least 4 members (excludes halogenated alkanes) is 1. The highest BCUT2D eigenvalue weighted by molar-refractivity contribution is 7.58. The van der Waals surface area contributed by atoms with Crippen LogP contribution in [0.2, 0.25) is 0 Å². The predicted molar refractivity (Wildman–Crippen MR) is 84.0 cm³/mol. The maximum absolute atomic E-state index is 12.2. The van der Waals surface area contributed by atoms with Crippen LogP contribution in [0.3, 0.4) is 0 Å². The van der Waals surface area contributed by atoms with Gasteiger partial charge in [-0.3, -0.25) is 0 Å². The Kier molecular flexibility index (Phi) is 6.57. The highest BCUT2D eigenvalue weighted by Gasteiger charge is 2.14. The van der Waals surface area contributed by atoms with Gasteiger partial charge in [0.05, 0.1) is 6.54 Å². The van der Waals surface area contributed by atoms with Gasteiger partial charge in [-0.05, 0) is 19.0 Å². The van der Waals surface area contributed by atoms with E-state index in [-0.39, 0.29) is 6.54 Å². The second-order valence-corrected chi connectivity index (χ2v) is 5.01. The fourth-order valence-corrected chi connectivity index (χ4v) is 2.06. The van der Waals surface area contributed by atoms with Crippen molar-refractivity contribution in [3.8, 4) is 0 Å². The zero-order valence-corrected chi connectivity index (χ0v) is 12.8. The first-order valence-electron chi connectivity index (χ1n) is 6.78. The Bertz CT molecular complexity index is 581. The summed E-state index contributed by atoms with van der Waals surface area (Å²) in [6.07, 6.45) is 3.71. The van der Waals surface area contributed by atoms with Gasteiger partial charge in [0, 0.05) is 19.5 Å². The van der Waals surface area contributed by atoms with Crippen LogP contribution >= 0.6 is 0 Å². The quantitative estimate of drug-likeness (QED) is 0.483. The molecule has 1 aromatic heterocycles. The van der Waals surface area contributed by atoms with Crippen molar-refractivity contribution in [2.75, 3.05) is 5.75 Å². The summed E-state index contributed by atoms with van der Waals surface area (Å²) in [6.45, 7) is 6.26. The molecule has 6 nitrogen and oxygen atoms in total. The second kappa shape index (κ2) is 7.94. The highest BCUT2D eigenvalue weighted by atomic mass is 32.1. The number of nitrogens with zero attached hydrogens (tertiary/aromatic N) is 3. The molecular formula is C13H22N3O3S+. The molecule has 0 unspecified atom stereocenters. The van der Waals surface area contributed by atoms with Crippen molar-refractivity contribution in [1.29, 1.82) is 0 Å². The molecular weight excluding hydrogens is 278 g/mol. The van der Waals surface area contributed by atoms with Crippen molar-refractivity contribution in [2.24, 2.45) is 0 Å². The van der Waals surface area contributed by atoms with E-state index in [0.717, 1.165) is 26.5 Å². The summed E-state index contributed by atoms with van der Waals surface area (Å²) >= 11 is 3.32. The average molecular weight is 300 g/mol. The van der Waals surface area contributed by atoms with Crippen LogP contribution in [0.25, 0.3) is 0 Å². The van der Waals surface area contributed by atoms with Crippen LogP contribution in [-0.4, -0.2) is 19.5 Å². The first kappa shape index (κ1) is 16.6. The van der Waals surface area contributed by atoms with Crippen molar-refractivity contribution < 1.29 is 0 Å². The molecule has 0 saturated carbocycles. The van der Waals surface area contributed by atoms with Gasteiger partial charge in [0.25, 0.3) is 0 Å².